The number of aromatic amines is 1. The van der Waals surface area contributed by atoms with E-state index in [1.165, 1.54) is 22.3 Å². The molecule has 2 N–H and O–H groups in total. The topological polar surface area (TPSA) is 97.1 Å². The molecule has 1 aromatic carbocycles. The standard InChI is InChI=1S/C25H28N6O2S/c1-3-16(2)30-24(33)23-20(12-14-34-23)31-21(28-29-25(30)31)9-6-10-22(32)26-13-11-17-15-27-19-8-5-4-7-18(17)19/h4-5,7-8,12,14-16,27H,3,6,9-11,13H2,1-2H3,(H,26,32). The molecule has 4 aromatic heterocycles. The van der Waals surface area contributed by atoms with Gasteiger partial charge in [0, 0.05) is 42.5 Å². The van der Waals surface area contributed by atoms with Crippen LogP contribution in [0.3, 0.4) is 0 Å². The van der Waals surface area contributed by atoms with Crippen LogP contribution in [0.2, 0.25) is 0 Å². The van der Waals surface area contributed by atoms with Gasteiger partial charge in [0.25, 0.3) is 5.56 Å². The maximum Gasteiger partial charge on any atom is 0.273 e. The maximum atomic E-state index is 13.0. The second-order valence-electron chi connectivity index (χ2n) is 8.63. The summed E-state index contributed by atoms with van der Waals surface area (Å²) in [6.07, 6.45) is 5.31. The molecule has 0 saturated heterocycles. The lowest BCUT2D eigenvalue weighted by atomic mass is 10.1. The normalized spacial score (nSPS) is 12.6. The molecule has 0 spiro atoms. The van der Waals surface area contributed by atoms with Crippen molar-refractivity contribution in [2.24, 2.45) is 0 Å². The van der Waals surface area contributed by atoms with Gasteiger partial charge in [0.05, 0.1) is 5.52 Å². The van der Waals surface area contributed by atoms with Gasteiger partial charge in [0.15, 0.2) is 0 Å². The van der Waals surface area contributed by atoms with Gasteiger partial charge >= 0.3 is 0 Å². The summed E-state index contributed by atoms with van der Waals surface area (Å²) >= 11 is 1.44. The van der Waals surface area contributed by atoms with Crippen LogP contribution in [0.5, 0.6) is 0 Å². The van der Waals surface area contributed by atoms with Crippen LogP contribution in [-0.4, -0.2) is 36.6 Å². The van der Waals surface area contributed by atoms with Crippen LogP contribution in [0.1, 0.15) is 50.5 Å². The molecule has 1 unspecified atom stereocenters. The summed E-state index contributed by atoms with van der Waals surface area (Å²) in [5, 5.41) is 14.9. The molecule has 8 nitrogen and oxygen atoms in total. The van der Waals surface area contributed by atoms with Crippen molar-refractivity contribution in [3.63, 3.8) is 0 Å². The molecule has 1 amide bonds. The molecular weight excluding hydrogens is 448 g/mol. The fraction of sp³-hybridized carbons (Fsp3) is 0.360. The number of H-pyrrole nitrogens is 1. The SMILES string of the molecule is CCC(C)n1c(=O)c2sccc2n2c(CCCC(=O)NCCc3c[nH]c4ccccc34)nnc12. The molecule has 0 radical (unpaired) electrons. The first kappa shape index (κ1) is 22.3. The second-order valence-corrected chi connectivity index (χ2v) is 9.55. The van der Waals surface area contributed by atoms with Crippen molar-refractivity contribution in [3.05, 3.63) is 63.7 Å². The summed E-state index contributed by atoms with van der Waals surface area (Å²) in [6.45, 7) is 4.68. The molecule has 176 valence electrons. The van der Waals surface area contributed by atoms with Crippen molar-refractivity contribution in [3.8, 4) is 0 Å². The number of aromatic nitrogens is 5. The highest BCUT2D eigenvalue weighted by molar-refractivity contribution is 7.17. The van der Waals surface area contributed by atoms with Crippen LogP contribution in [0.4, 0.5) is 0 Å². The molecule has 9 heteroatoms. The summed E-state index contributed by atoms with van der Waals surface area (Å²) in [5.74, 6) is 1.39. The lowest BCUT2D eigenvalue weighted by Crippen LogP contribution is -2.26. The Morgan fingerprint density at radius 3 is 2.91 bits per heavy atom. The van der Waals surface area contributed by atoms with Crippen molar-refractivity contribution in [2.45, 2.75) is 52.0 Å². The molecule has 0 fully saturated rings. The Morgan fingerprint density at radius 1 is 1.21 bits per heavy atom. The monoisotopic (exact) mass is 476 g/mol. The van der Waals surface area contributed by atoms with Gasteiger partial charge in [-0.2, -0.15) is 0 Å². The van der Waals surface area contributed by atoms with E-state index < -0.39 is 0 Å². The Kier molecular flexibility index (Phi) is 6.19. The molecule has 0 bridgehead atoms. The molecule has 1 atom stereocenters. The minimum Gasteiger partial charge on any atom is -0.361 e. The van der Waals surface area contributed by atoms with E-state index in [2.05, 4.69) is 39.6 Å². The van der Waals surface area contributed by atoms with E-state index in [4.69, 9.17) is 0 Å². The van der Waals surface area contributed by atoms with Crippen molar-refractivity contribution in [2.75, 3.05) is 6.54 Å². The van der Waals surface area contributed by atoms with Crippen LogP contribution >= 0.6 is 11.3 Å². The molecule has 34 heavy (non-hydrogen) atoms. The fourth-order valence-corrected chi connectivity index (χ4v) is 5.27. The van der Waals surface area contributed by atoms with E-state index in [-0.39, 0.29) is 17.5 Å². The van der Waals surface area contributed by atoms with Crippen LogP contribution in [0, 0.1) is 0 Å². The number of hydrogen-bond acceptors (Lipinski definition) is 5. The highest BCUT2D eigenvalue weighted by Gasteiger charge is 2.20. The minimum absolute atomic E-state index is 0.0135. The van der Waals surface area contributed by atoms with Crippen molar-refractivity contribution in [1.29, 1.82) is 0 Å². The number of thiophene rings is 1. The summed E-state index contributed by atoms with van der Waals surface area (Å²) in [4.78, 5) is 28.7. The smallest absolute Gasteiger partial charge is 0.273 e. The Bertz CT molecular complexity index is 1530. The number of rotatable bonds is 9. The van der Waals surface area contributed by atoms with Crippen molar-refractivity contribution < 1.29 is 4.79 Å². The lowest BCUT2D eigenvalue weighted by Gasteiger charge is -2.14. The number of carbonyl (C=O) groups excluding carboxylic acids is 1. The van der Waals surface area contributed by atoms with Crippen LogP contribution in [-0.2, 0) is 17.6 Å². The van der Waals surface area contributed by atoms with Gasteiger partial charge in [-0.25, -0.2) is 0 Å². The Morgan fingerprint density at radius 2 is 2.06 bits per heavy atom. The molecule has 0 saturated carbocycles. The number of nitrogens with zero attached hydrogens (tertiary/aromatic N) is 4. The predicted molar refractivity (Wildman–Crippen MR) is 136 cm³/mol. The van der Waals surface area contributed by atoms with Crippen LogP contribution < -0.4 is 10.9 Å². The first-order valence-corrected chi connectivity index (χ1v) is 12.6. The quantitative estimate of drug-likeness (QED) is 0.333. The zero-order valence-electron chi connectivity index (χ0n) is 19.4. The van der Waals surface area contributed by atoms with Crippen LogP contribution in [0.25, 0.3) is 26.9 Å². The fourth-order valence-electron chi connectivity index (χ4n) is 4.46. The van der Waals surface area contributed by atoms with Crippen LogP contribution in [0.15, 0.2) is 46.7 Å². The van der Waals surface area contributed by atoms with E-state index in [0.29, 0.717) is 36.3 Å². The third-order valence-corrected chi connectivity index (χ3v) is 7.35. The van der Waals surface area contributed by atoms with Gasteiger partial charge in [-0.15, -0.1) is 21.5 Å². The maximum absolute atomic E-state index is 13.0. The van der Waals surface area contributed by atoms with Gasteiger partial charge in [-0.1, -0.05) is 25.1 Å². The molecule has 4 heterocycles. The number of aryl methyl sites for hydroxylation is 1. The summed E-state index contributed by atoms with van der Waals surface area (Å²) in [5.41, 5.74) is 3.15. The van der Waals surface area contributed by atoms with Gasteiger partial charge in [-0.3, -0.25) is 18.6 Å². The average molecular weight is 477 g/mol. The second kappa shape index (κ2) is 9.42. The Hall–Kier alpha value is -3.46. The number of benzene rings is 1. The Balaban J connectivity index is 1.23. The van der Waals surface area contributed by atoms with Gasteiger partial charge in [-0.05, 0) is 49.3 Å². The molecule has 5 rings (SSSR count). The van der Waals surface area contributed by atoms with Crippen molar-refractivity contribution >= 4 is 44.1 Å². The van der Waals surface area contributed by atoms with E-state index >= 15 is 0 Å². The number of amides is 1. The van der Waals surface area contributed by atoms with Gasteiger partial charge < -0.3 is 10.3 Å². The van der Waals surface area contributed by atoms with E-state index in [9.17, 15) is 9.59 Å². The number of nitrogens with one attached hydrogen (secondary N) is 2. The van der Waals surface area contributed by atoms with E-state index in [1.807, 2.05) is 41.1 Å². The predicted octanol–water partition coefficient (Wildman–Crippen LogP) is 4.24. The third kappa shape index (κ3) is 4.00. The molecule has 0 aliphatic heterocycles. The van der Waals surface area contributed by atoms with E-state index in [1.54, 1.807) is 4.57 Å². The number of carbonyl (C=O) groups is 1. The van der Waals surface area contributed by atoms with Gasteiger partial charge in [0.1, 0.15) is 10.5 Å². The number of fused-ring (bicyclic) bond motifs is 4. The molecule has 0 aliphatic carbocycles. The summed E-state index contributed by atoms with van der Waals surface area (Å²) in [6, 6.07) is 10.2. The zero-order valence-corrected chi connectivity index (χ0v) is 20.2. The molecule has 0 aliphatic rings. The highest BCUT2D eigenvalue weighted by atomic mass is 32.1. The average Bonchev–Trinajstić information content (AvgIpc) is 3.58. The zero-order chi connectivity index (χ0) is 23.7. The van der Waals surface area contributed by atoms with E-state index in [0.717, 1.165) is 29.7 Å². The first-order valence-electron chi connectivity index (χ1n) is 11.8. The highest BCUT2D eigenvalue weighted by Crippen LogP contribution is 2.23. The first-order chi connectivity index (χ1) is 16.6. The lowest BCUT2D eigenvalue weighted by molar-refractivity contribution is -0.121. The Labute approximate surface area is 200 Å². The summed E-state index contributed by atoms with van der Waals surface area (Å²) in [7, 11) is 0. The number of hydrogen-bond donors (Lipinski definition) is 2. The minimum atomic E-state index is -0.0135. The summed E-state index contributed by atoms with van der Waals surface area (Å²) < 4.78 is 4.44. The van der Waals surface area contributed by atoms with Crippen molar-refractivity contribution in [1.82, 2.24) is 29.5 Å². The molecule has 5 aromatic rings. The number of para-hydroxylation sites is 1. The van der Waals surface area contributed by atoms with Gasteiger partial charge in [0.2, 0.25) is 11.7 Å². The molecular formula is C25H28N6O2S. The third-order valence-electron chi connectivity index (χ3n) is 6.45. The largest absolute Gasteiger partial charge is 0.361 e.